The van der Waals surface area contributed by atoms with E-state index in [-0.39, 0.29) is 0 Å². The molecule has 0 aromatic heterocycles. The number of hydrogen-bond acceptors (Lipinski definition) is 0. The number of hydrogen-bond donors (Lipinski definition) is 0. The van der Waals surface area contributed by atoms with Gasteiger partial charge in [0.1, 0.15) is 0 Å². The SMILES string of the molecule is C=CCC[C@H]1CC[C@H](CCC=C[C@H]2CC[C@H](CC)CC2)CC1. The van der Waals surface area contributed by atoms with Gasteiger partial charge >= 0.3 is 0 Å². The molecule has 0 heteroatoms. The predicted octanol–water partition coefficient (Wildman–Crippen LogP) is 7.31. The Bertz CT molecular complexity index is 311. The van der Waals surface area contributed by atoms with Crippen LogP contribution in [0, 0.1) is 23.7 Å². The van der Waals surface area contributed by atoms with E-state index in [1.54, 1.807) is 0 Å². The molecule has 0 aromatic carbocycles. The van der Waals surface area contributed by atoms with Crippen molar-refractivity contribution >= 4 is 0 Å². The van der Waals surface area contributed by atoms with E-state index in [9.17, 15) is 0 Å². The first-order valence-corrected chi connectivity index (χ1v) is 10.1. The Hall–Kier alpha value is -0.520. The number of rotatable bonds is 8. The molecule has 2 fully saturated rings. The van der Waals surface area contributed by atoms with E-state index in [0.29, 0.717) is 0 Å². The summed E-state index contributed by atoms with van der Waals surface area (Å²) in [6.45, 7) is 6.20. The summed E-state index contributed by atoms with van der Waals surface area (Å²) in [5, 5.41) is 0. The van der Waals surface area contributed by atoms with Crippen LogP contribution in [0.2, 0.25) is 0 Å². The van der Waals surface area contributed by atoms with Gasteiger partial charge in [0, 0.05) is 0 Å². The summed E-state index contributed by atoms with van der Waals surface area (Å²) in [4.78, 5) is 0. The van der Waals surface area contributed by atoms with Crippen LogP contribution in [0.25, 0.3) is 0 Å². The van der Waals surface area contributed by atoms with Crippen LogP contribution in [0.5, 0.6) is 0 Å². The maximum atomic E-state index is 3.85. The van der Waals surface area contributed by atoms with Crippen molar-refractivity contribution in [3.05, 3.63) is 24.8 Å². The lowest BCUT2D eigenvalue weighted by Crippen LogP contribution is -2.14. The molecule has 0 bridgehead atoms. The van der Waals surface area contributed by atoms with Gasteiger partial charge in [-0.3, -0.25) is 0 Å². The first kappa shape index (κ1) is 17.8. The molecule has 2 rings (SSSR count). The summed E-state index contributed by atoms with van der Waals surface area (Å²) in [7, 11) is 0. The molecule has 0 aromatic rings. The van der Waals surface area contributed by atoms with E-state index in [4.69, 9.17) is 0 Å². The zero-order chi connectivity index (χ0) is 15.6. The van der Waals surface area contributed by atoms with Gasteiger partial charge in [-0.05, 0) is 75.0 Å². The Balaban J connectivity index is 1.54. The largest absolute Gasteiger partial charge is 0.103 e. The molecule has 2 saturated carbocycles. The van der Waals surface area contributed by atoms with Crippen LogP contribution in [0.1, 0.15) is 90.4 Å². The van der Waals surface area contributed by atoms with Gasteiger partial charge < -0.3 is 0 Å². The minimum absolute atomic E-state index is 0.900. The van der Waals surface area contributed by atoms with E-state index in [1.807, 2.05) is 0 Å². The van der Waals surface area contributed by atoms with Gasteiger partial charge in [0.15, 0.2) is 0 Å². The normalized spacial score (nSPS) is 33.1. The standard InChI is InChI=1S/C22H38/c1-3-5-8-20-15-17-22(18-16-20)10-7-6-9-21-13-11-19(4-2)12-14-21/h3,6,9,19-22H,1,4-5,7-8,10-18H2,2H3/t19-,20-,21-,22-. The predicted molar refractivity (Wildman–Crippen MR) is 99.0 cm³/mol. The van der Waals surface area contributed by atoms with Crippen LogP contribution in [0.3, 0.4) is 0 Å². The van der Waals surface area contributed by atoms with Crippen LogP contribution >= 0.6 is 0 Å². The summed E-state index contributed by atoms with van der Waals surface area (Å²) >= 11 is 0. The molecule has 0 aliphatic heterocycles. The van der Waals surface area contributed by atoms with E-state index < -0.39 is 0 Å². The lowest BCUT2D eigenvalue weighted by molar-refractivity contribution is 0.255. The van der Waals surface area contributed by atoms with Crippen LogP contribution in [0.15, 0.2) is 24.8 Å². The van der Waals surface area contributed by atoms with Crippen molar-refractivity contribution in [3.8, 4) is 0 Å². The third kappa shape index (κ3) is 6.31. The van der Waals surface area contributed by atoms with Crippen molar-refractivity contribution in [2.24, 2.45) is 23.7 Å². The van der Waals surface area contributed by atoms with Crippen LogP contribution in [-0.4, -0.2) is 0 Å². The molecule has 126 valence electrons. The molecule has 0 spiro atoms. The maximum Gasteiger partial charge on any atom is -0.0233 e. The highest BCUT2D eigenvalue weighted by Gasteiger charge is 2.20. The van der Waals surface area contributed by atoms with Gasteiger partial charge in [-0.25, -0.2) is 0 Å². The first-order valence-electron chi connectivity index (χ1n) is 10.1. The minimum Gasteiger partial charge on any atom is -0.103 e. The molecule has 0 saturated heterocycles. The summed E-state index contributed by atoms with van der Waals surface area (Å²) in [6, 6.07) is 0. The smallest absolute Gasteiger partial charge is 0.0233 e. The molecule has 22 heavy (non-hydrogen) atoms. The van der Waals surface area contributed by atoms with Gasteiger partial charge in [0.05, 0.1) is 0 Å². The summed E-state index contributed by atoms with van der Waals surface area (Å²) < 4.78 is 0. The van der Waals surface area contributed by atoms with Crippen molar-refractivity contribution < 1.29 is 0 Å². The first-order chi connectivity index (χ1) is 10.8. The van der Waals surface area contributed by atoms with Gasteiger partial charge in [0.2, 0.25) is 0 Å². The summed E-state index contributed by atoms with van der Waals surface area (Å²) in [5.74, 6) is 3.94. The fraction of sp³-hybridized carbons (Fsp3) is 0.818. The maximum absolute atomic E-state index is 3.85. The van der Waals surface area contributed by atoms with E-state index in [1.165, 1.54) is 83.5 Å². The molecule has 0 nitrogen and oxygen atoms in total. The second kappa shape index (κ2) is 10.3. The zero-order valence-corrected chi connectivity index (χ0v) is 14.9. The van der Waals surface area contributed by atoms with Crippen LogP contribution < -0.4 is 0 Å². The molecule has 0 atom stereocenters. The zero-order valence-electron chi connectivity index (χ0n) is 14.9. The second-order valence-electron chi connectivity index (χ2n) is 7.95. The Morgan fingerprint density at radius 2 is 1.32 bits per heavy atom. The molecule has 0 heterocycles. The van der Waals surface area contributed by atoms with Gasteiger partial charge in [-0.1, -0.05) is 57.3 Å². The highest BCUT2D eigenvalue weighted by atomic mass is 14.3. The van der Waals surface area contributed by atoms with Crippen LogP contribution in [0.4, 0.5) is 0 Å². The Morgan fingerprint density at radius 3 is 1.86 bits per heavy atom. The lowest BCUT2D eigenvalue weighted by atomic mass is 9.78. The van der Waals surface area contributed by atoms with Crippen molar-refractivity contribution in [3.63, 3.8) is 0 Å². The van der Waals surface area contributed by atoms with Crippen molar-refractivity contribution in [1.82, 2.24) is 0 Å². The Labute approximate surface area is 139 Å². The van der Waals surface area contributed by atoms with E-state index in [2.05, 4.69) is 31.7 Å². The van der Waals surface area contributed by atoms with E-state index >= 15 is 0 Å². The Kier molecular flexibility index (Phi) is 8.34. The molecule has 0 unspecified atom stereocenters. The second-order valence-corrected chi connectivity index (χ2v) is 7.95. The monoisotopic (exact) mass is 302 g/mol. The summed E-state index contributed by atoms with van der Waals surface area (Å²) in [6.07, 6.45) is 25.7. The highest BCUT2D eigenvalue weighted by Crippen LogP contribution is 2.34. The molecular formula is C22H38. The molecular weight excluding hydrogens is 264 g/mol. The topological polar surface area (TPSA) is 0 Å². The van der Waals surface area contributed by atoms with Crippen molar-refractivity contribution in [2.75, 3.05) is 0 Å². The van der Waals surface area contributed by atoms with E-state index in [0.717, 1.165) is 23.7 Å². The molecule has 2 aliphatic rings. The fourth-order valence-corrected chi connectivity index (χ4v) is 4.57. The highest BCUT2D eigenvalue weighted by molar-refractivity contribution is 4.91. The lowest BCUT2D eigenvalue weighted by Gasteiger charge is -2.28. The third-order valence-corrected chi connectivity index (χ3v) is 6.36. The van der Waals surface area contributed by atoms with Crippen LogP contribution in [-0.2, 0) is 0 Å². The summed E-state index contributed by atoms with van der Waals surface area (Å²) in [5.41, 5.74) is 0. The minimum atomic E-state index is 0.900. The molecule has 0 radical (unpaired) electrons. The molecule has 0 amide bonds. The van der Waals surface area contributed by atoms with Crippen molar-refractivity contribution in [1.29, 1.82) is 0 Å². The quantitative estimate of drug-likeness (QED) is 0.412. The average molecular weight is 303 g/mol. The third-order valence-electron chi connectivity index (χ3n) is 6.36. The molecule has 0 N–H and O–H groups in total. The average Bonchev–Trinajstić information content (AvgIpc) is 2.58. The molecule has 2 aliphatic carbocycles. The Morgan fingerprint density at radius 1 is 0.773 bits per heavy atom. The van der Waals surface area contributed by atoms with Gasteiger partial charge in [-0.2, -0.15) is 0 Å². The van der Waals surface area contributed by atoms with Gasteiger partial charge in [-0.15, -0.1) is 6.58 Å². The number of allylic oxidation sites excluding steroid dienone is 3. The fourth-order valence-electron chi connectivity index (χ4n) is 4.57. The van der Waals surface area contributed by atoms with Crippen molar-refractivity contribution in [2.45, 2.75) is 90.4 Å². The van der Waals surface area contributed by atoms with Gasteiger partial charge in [0.25, 0.3) is 0 Å².